The highest BCUT2D eigenvalue weighted by atomic mass is 16.7. The van der Waals surface area contributed by atoms with Crippen molar-refractivity contribution < 1.29 is 68.0 Å². The first-order valence-corrected chi connectivity index (χ1v) is 15.9. The van der Waals surface area contributed by atoms with E-state index in [2.05, 4.69) is 0 Å². The molecule has 5 heterocycles. The monoisotopic (exact) mass is 650 g/mol. The maximum Gasteiger partial charge on any atom is 0.335 e. The Labute approximate surface area is 264 Å². The van der Waals surface area contributed by atoms with Gasteiger partial charge < -0.3 is 53.6 Å². The number of aliphatic hydroxyl groups is 4. The van der Waals surface area contributed by atoms with Gasteiger partial charge in [-0.2, -0.15) is 0 Å². The third-order valence-corrected chi connectivity index (χ3v) is 12.6. The second kappa shape index (κ2) is 10.3. The van der Waals surface area contributed by atoms with Crippen LogP contribution in [0, 0.1) is 28.1 Å². The van der Waals surface area contributed by atoms with E-state index in [1.807, 2.05) is 13.8 Å². The van der Waals surface area contributed by atoms with Gasteiger partial charge in [0.25, 0.3) is 0 Å². The third kappa shape index (κ3) is 3.89. The molecule has 0 unspecified atom stereocenters. The van der Waals surface area contributed by atoms with Gasteiger partial charge in [-0.3, -0.25) is 9.59 Å². The lowest BCUT2D eigenvalue weighted by atomic mass is 9.37. The van der Waals surface area contributed by atoms with Crippen molar-refractivity contribution in [3.05, 3.63) is 24.2 Å². The standard InChI is InChI=1S/C32H42O14/c1-28(2)17-9-18(34)30(4)16(31(17)13-42-20(35)10-19(31)45-28)5-7-29(3,32(30)25(46-32)26(39)40)24(14-6-8-41-12-14)44-27-23(38)22(37)21(36)15(11-33)43-27/h6,8,12,15-17,19,21-25,27,33,36-38H,5,7,9-11,13H2,1-4H3,(H,39,40)/t15-,16-,17+,19-,21-,22+,23-,24-,25+,27+,29-,30-,31+,32+/m0/s1. The number of ketones is 1. The maximum absolute atomic E-state index is 14.7. The number of furan rings is 1. The number of carbonyl (C=O) groups is 3. The number of fused-ring (bicyclic) bond motifs is 2. The van der Waals surface area contributed by atoms with Gasteiger partial charge in [-0.15, -0.1) is 0 Å². The second-order valence-corrected chi connectivity index (χ2v) is 14.9. The Balaban J connectivity index is 1.35. The Kier molecular flexibility index (Phi) is 7.19. The van der Waals surface area contributed by atoms with Crippen LogP contribution in [-0.4, -0.2) is 111 Å². The number of aliphatic carboxylic acids is 1. The molecule has 4 saturated heterocycles. The molecule has 0 amide bonds. The summed E-state index contributed by atoms with van der Waals surface area (Å²) in [5.74, 6) is -2.60. The molecule has 14 atom stereocenters. The highest BCUT2D eigenvalue weighted by molar-refractivity contribution is 5.92. The molecule has 0 bridgehead atoms. The van der Waals surface area contributed by atoms with Gasteiger partial charge in [0.05, 0.1) is 48.8 Å². The van der Waals surface area contributed by atoms with Crippen LogP contribution in [0.25, 0.3) is 0 Å². The molecule has 2 aliphatic carbocycles. The molecule has 0 aromatic carbocycles. The maximum atomic E-state index is 14.7. The summed E-state index contributed by atoms with van der Waals surface area (Å²) in [7, 11) is 0. The van der Waals surface area contributed by atoms with Crippen LogP contribution in [0.3, 0.4) is 0 Å². The van der Waals surface area contributed by atoms with Gasteiger partial charge in [0, 0.05) is 28.7 Å². The summed E-state index contributed by atoms with van der Waals surface area (Å²) in [6.45, 7) is 6.73. The Morgan fingerprint density at radius 3 is 2.41 bits per heavy atom. The van der Waals surface area contributed by atoms with Crippen molar-refractivity contribution in [1.82, 2.24) is 0 Å². The molecule has 14 heteroatoms. The molecule has 7 rings (SSSR count). The molecule has 4 aliphatic heterocycles. The lowest BCUT2D eigenvalue weighted by Gasteiger charge is -2.64. The van der Waals surface area contributed by atoms with E-state index in [0.717, 1.165) is 0 Å². The van der Waals surface area contributed by atoms with Gasteiger partial charge in [-0.1, -0.05) is 6.92 Å². The minimum absolute atomic E-state index is 0.0199. The number of hydrogen-bond acceptors (Lipinski definition) is 13. The van der Waals surface area contributed by atoms with Crippen molar-refractivity contribution >= 4 is 17.7 Å². The van der Waals surface area contributed by atoms with Crippen molar-refractivity contribution in [2.45, 2.75) is 114 Å². The first kappa shape index (κ1) is 32.1. The number of hydrogen-bond donors (Lipinski definition) is 5. The summed E-state index contributed by atoms with van der Waals surface area (Å²) in [5.41, 5.74) is -5.40. The van der Waals surface area contributed by atoms with Crippen molar-refractivity contribution in [2.75, 3.05) is 13.2 Å². The van der Waals surface area contributed by atoms with Crippen LogP contribution in [0.1, 0.15) is 65.0 Å². The molecule has 46 heavy (non-hydrogen) atoms. The molecule has 254 valence electrons. The fourth-order valence-electron chi connectivity index (χ4n) is 10.5. The zero-order valence-electron chi connectivity index (χ0n) is 26.2. The number of esters is 1. The average molecular weight is 651 g/mol. The van der Waals surface area contributed by atoms with Crippen molar-refractivity contribution in [3.63, 3.8) is 0 Å². The molecule has 6 aliphatic rings. The third-order valence-electron chi connectivity index (χ3n) is 12.6. The predicted octanol–water partition coefficient (Wildman–Crippen LogP) is 0.482. The summed E-state index contributed by atoms with van der Waals surface area (Å²) in [5, 5.41) is 52.1. The first-order valence-electron chi connectivity index (χ1n) is 15.9. The highest BCUT2D eigenvalue weighted by Crippen LogP contribution is 2.78. The van der Waals surface area contributed by atoms with Crippen LogP contribution in [0.4, 0.5) is 0 Å². The number of Topliss-reactive ketones (excluding diaryl/α,β-unsaturated/α-hetero) is 1. The Hall–Kier alpha value is -2.43. The molecule has 1 aromatic heterocycles. The molecule has 14 nitrogen and oxygen atoms in total. The van der Waals surface area contributed by atoms with Gasteiger partial charge in [0.2, 0.25) is 0 Å². The lowest BCUT2D eigenvalue weighted by molar-refractivity contribution is -0.328. The number of aliphatic hydroxyl groups excluding tert-OH is 4. The van der Waals surface area contributed by atoms with Gasteiger partial charge in [0.1, 0.15) is 42.4 Å². The summed E-state index contributed by atoms with van der Waals surface area (Å²) in [6, 6.07) is 1.61. The van der Waals surface area contributed by atoms with Crippen LogP contribution in [0.2, 0.25) is 0 Å². The summed E-state index contributed by atoms with van der Waals surface area (Å²) >= 11 is 0. The highest BCUT2D eigenvalue weighted by Gasteiger charge is 2.88. The number of carbonyl (C=O) groups excluding carboxylic acids is 2. The Morgan fingerprint density at radius 2 is 1.78 bits per heavy atom. The summed E-state index contributed by atoms with van der Waals surface area (Å²) in [6.07, 6.45) is -7.39. The van der Waals surface area contributed by atoms with Gasteiger partial charge >= 0.3 is 11.9 Å². The predicted molar refractivity (Wildman–Crippen MR) is 151 cm³/mol. The SMILES string of the molecule is CC1(C)O[C@H]2CC(=O)OC[C@@]23[C@@H]1CC(=O)[C@]1(C)[C@@H]3CC[C@@](C)([C@@H](O[C@H]2O[C@@H](CO)[C@H](O)[C@@H](O)[C@@H]2O)c2ccoc2)[C@@]12O[C@@H]2C(=O)O. The van der Waals surface area contributed by atoms with E-state index in [4.69, 9.17) is 28.1 Å². The van der Waals surface area contributed by atoms with Crippen LogP contribution in [0.5, 0.6) is 0 Å². The Bertz CT molecular complexity index is 1410. The lowest BCUT2D eigenvalue weighted by Crippen LogP contribution is -2.72. The second-order valence-electron chi connectivity index (χ2n) is 14.9. The minimum atomic E-state index is -1.74. The molecule has 5 N–H and O–H groups in total. The molecule has 2 spiro atoms. The van der Waals surface area contributed by atoms with E-state index in [9.17, 15) is 39.9 Å². The normalized spacial score (nSPS) is 49.9. The number of ether oxygens (including phenoxy) is 5. The zero-order valence-corrected chi connectivity index (χ0v) is 26.2. The fourth-order valence-corrected chi connectivity index (χ4v) is 10.5. The minimum Gasteiger partial charge on any atom is -0.479 e. The number of carboxylic acids is 1. The van der Waals surface area contributed by atoms with Crippen molar-refractivity contribution in [3.8, 4) is 0 Å². The molecule has 6 fully saturated rings. The van der Waals surface area contributed by atoms with E-state index < -0.39 is 95.0 Å². The molecular weight excluding hydrogens is 608 g/mol. The van der Waals surface area contributed by atoms with E-state index >= 15 is 0 Å². The topological polar surface area (TPSA) is 215 Å². The van der Waals surface area contributed by atoms with E-state index in [-0.39, 0.29) is 43.5 Å². The first-order chi connectivity index (χ1) is 21.6. The van der Waals surface area contributed by atoms with Crippen LogP contribution in [-0.2, 0) is 38.1 Å². The zero-order chi connectivity index (χ0) is 33.2. The van der Waals surface area contributed by atoms with Crippen molar-refractivity contribution in [2.24, 2.45) is 28.1 Å². The average Bonchev–Trinajstić information content (AvgIpc) is 3.48. The van der Waals surface area contributed by atoms with Crippen LogP contribution >= 0.6 is 0 Å². The van der Waals surface area contributed by atoms with E-state index in [1.54, 1.807) is 19.9 Å². The Morgan fingerprint density at radius 1 is 1.04 bits per heavy atom. The van der Waals surface area contributed by atoms with Crippen molar-refractivity contribution in [1.29, 1.82) is 0 Å². The van der Waals surface area contributed by atoms with Crippen LogP contribution in [0.15, 0.2) is 23.0 Å². The molecule has 1 aromatic rings. The summed E-state index contributed by atoms with van der Waals surface area (Å²) in [4.78, 5) is 40.1. The molecule has 2 saturated carbocycles. The molecule has 0 radical (unpaired) electrons. The van der Waals surface area contributed by atoms with E-state index in [0.29, 0.717) is 12.0 Å². The van der Waals surface area contributed by atoms with Gasteiger partial charge in [-0.25, -0.2) is 4.79 Å². The van der Waals surface area contributed by atoms with Gasteiger partial charge in [-0.05, 0) is 45.6 Å². The number of carboxylic acid groups (broad SMARTS) is 1. The summed E-state index contributed by atoms with van der Waals surface area (Å²) < 4.78 is 36.1. The van der Waals surface area contributed by atoms with Crippen LogP contribution < -0.4 is 0 Å². The molecular formula is C32H42O14. The smallest absolute Gasteiger partial charge is 0.335 e. The quantitative estimate of drug-likeness (QED) is 0.209. The fraction of sp³-hybridized carbons (Fsp3) is 0.781. The number of rotatable bonds is 6. The largest absolute Gasteiger partial charge is 0.479 e. The number of epoxide rings is 1. The number of cyclic esters (lactones) is 1. The van der Waals surface area contributed by atoms with E-state index in [1.165, 1.54) is 12.5 Å². The van der Waals surface area contributed by atoms with Gasteiger partial charge in [0.15, 0.2) is 12.4 Å².